The van der Waals surface area contributed by atoms with E-state index in [1.165, 1.54) is 0 Å². The molecule has 1 heterocycles. The summed E-state index contributed by atoms with van der Waals surface area (Å²) in [6.45, 7) is 1.93. The molecule has 0 aliphatic rings. The van der Waals surface area contributed by atoms with Crippen LogP contribution >= 0.6 is 12.2 Å². The van der Waals surface area contributed by atoms with E-state index >= 15 is 0 Å². The van der Waals surface area contributed by atoms with E-state index in [1.54, 1.807) is 30.5 Å². The highest BCUT2D eigenvalue weighted by atomic mass is 32.1. The largest absolute Gasteiger partial charge is 0.366 e. The SMILES string of the molecule is CCC(=S)C=C(C(N)=O)c1ccccn1. The molecule has 0 spiro atoms. The number of thiocarbonyl (C=S) groups is 1. The molecule has 0 bridgehead atoms. The summed E-state index contributed by atoms with van der Waals surface area (Å²) in [7, 11) is 0. The second-order valence-electron chi connectivity index (χ2n) is 2.96. The van der Waals surface area contributed by atoms with Gasteiger partial charge in [-0.3, -0.25) is 9.78 Å². The smallest absolute Gasteiger partial charge is 0.250 e. The van der Waals surface area contributed by atoms with Gasteiger partial charge < -0.3 is 5.73 Å². The van der Waals surface area contributed by atoms with E-state index in [2.05, 4.69) is 4.98 Å². The molecule has 78 valence electrons. The van der Waals surface area contributed by atoms with Crippen LogP contribution in [0.1, 0.15) is 19.0 Å². The normalized spacial score (nSPS) is 11.1. The molecule has 2 N–H and O–H groups in total. The molecular formula is C11H12N2OS. The maximum Gasteiger partial charge on any atom is 0.250 e. The molecule has 0 aromatic carbocycles. The van der Waals surface area contributed by atoms with Crippen LogP contribution in [0.15, 0.2) is 30.5 Å². The average molecular weight is 220 g/mol. The highest BCUT2D eigenvalue weighted by Crippen LogP contribution is 2.11. The van der Waals surface area contributed by atoms with Crippen molar-refractivity contribution in [1.29, 1.82) is 0 Å². The second-order valence-corrected chi connectivity index (χ2v) is 3.48. The summed E-state index contributed by atoms with van der Waals surface area (Å²) in [6.07, 6.45) is 3.93. The molecule has 3 nitrogen and oxygen atoms in total. The number of nitrogens with zero attached hydrogens (tertiary/aromatic N) is 1. The molecule has 0 fully saturated rings. The Bertz CT molecular complexity index is 398. The first-order valence-corrected chi connectivity index (χ1v) is 5.01. The van der Waals surface area contributed by atoms with Crippen molar-refractivity contribution >= 4 is 28.6 Å². The number of carbonyl (C=O) groups excluding carboxylic acids is 1. The molecule has 0 atom stereocenters. The lowest BCUT2D eigenvalue weighted by atomic mass is 10.1. The van der Waals surface area contributed by atoms with Crippen molar-refractivity contribution < 1.29 is 4.79 Å². The number of amides is 1. The Morgan fingerprint density at radius 2 is 2.33 bits per heavy atom. The van der Waals surface area contributed by atoms with Crippen molar-refractivity contribution in [1.82, 2.24) is 4.98 Å². The van der Waals surface area contributed by atoms with Gasteiger partial charge in [-0.05, 0) is 24.6 Å². The Hall–Kier alpha value is -1.55. The maximum absolute atomic E-state index is 11.2. The maximum atomic E-state index is 11.2. The topological polar surface area (TPSA) is 56.0 Å². The average Bonchev–Trinajstić information content (AvgIpc) is 2.26. The number of nitrogens with two attached hydrogens (primary N) is 1. The predicted octanol–water partition coefficient (Wildman–Crippen LogP) is 1.73. The van der Waals surface area contributed by atoms with Gasteiger partial charge in [0.25, 0.3) is 5.91 Å². The standard InChI is InChI=1S/C11H12N2OS/c1-2-8(15)7-9(11(12)14)10-5-3-4-6-13-10/h3-7H,2H2,1H3,(H2,12,14). The number of aromatic nitrogens is 1. The van der Waals surface area contributed by atoms with Gasteiger partial charge in [0.1, 0.15) is 0 Å². The third-order valence-electron chi connectivity index (χ3n) is 1.86. The minimum atomic E-state index is -0.510. The Balaban J connectivity index is 3.10. The Labute approximate surface area is 94.0 Å². The number of pyridine rings is 1. The fourth-order valence-corrected chi connectivity index (χ4v) is 1.17. The quantitative estimate of drug-likeness (QED) is 0.621. The highest BCUT2D eigenvalue weighted by molar-refractivity contribution is 7.80. The molecule has 1 aromatic rings. The van der Waals surface area contributed by atoms with Crippen molar-refractivity contribution in [3.05, 3.63) is 36.2 Å². The molecular weight excluding hydrogens is 208 g/mol. The van der Waals surface area contributed by atoms with Crippen LogP contribution in [-0.2, 0) is 4.79 Å². The van der Waals surface area contributed by atoms with Gasteiger partial charge in [0.05, 0.1) is 11.3 Å². The summed E-state index contributed by atoms with van der Waals surface area (Å²) in [6, 6.07) is 5.31. The van der Waals surface area contributed by atoms with Crippen molar-refractivity contribution in [2.45, 2.75) is 13.3 Å². The van der Waals surface area contributed by atoms with E-state index in [9.17, 15) is 4.79 Å². The molecule has 4 heteroatoms. The molecule has 0 aliphatic heterocycles. The van der Waals surface area contributed by atoms with E-state index in [0.29, 0.717) is 22.6 Å². The zero-order chi connectivity index (χ0) is 11.3. The number of primary amides is 1. The summed E-state index contributed by atoms with van der Waals surface area (Å²) in [4.78, 5) is 16.0. The summed E-state index contributed by atoms with van der Waals surface area (Å²) < 4.78 is 0. The van der Waals surface area contributed by atoms with Gasteiger partial charge in [-0.1, -0.05) is 25.2 Å². The van der Waals surface area contributed by atoms with Crippen molar-refractivity contribution in [3.63, 3.8) is 0 Å². The number of allylic oxidation sites excluding steroid dienone is 1. The first kappa shape index (κ1) is 11.5. The van der Waals surface area contributed by atoms with Crippen LogP contribution in [0.5, 0.6) is 0 Å². The third-order valence-corrected chi connectivity index (χ3v) is 2.27. The van der Waals surface area contributed by atoms with Crippen LogP contribution in [0, 0.1) is 0 Å². The van der Waals surface area contributed by atoms with Gasteiger partial charge in [-0.25, -0.2) is 0 Å². The zero-order valence-electron chi connectivity index (χ0n) is 8.43. The van der Waals surface area contributed by atoms with E-state index in [4.69, 9.17) is 18.0 Å². The Morgan fingerprint density at radius 3 is 2.80 bits per heavy atom. The van der Waals surface area contributed by atoms with Gasteiger partial charge >= 0.3 is 0 Å². The number of carbonyl (C=O) groups is 1. The molecule has 0 aliphatic carbocycles. The van der Waals surface area contributed by atoms with E-state index in [1.807, 2.05) is 6.92 Å². The Morgan fingerprint density at radius 1 is 1.60 bits per heavy atom. The summed E-state index contributed by atoms with van der Waals surface area (Å²) >= 11 is 5.04. The van der Waals surface area contributed by atoms with Crippen molar-refractivity contribution in [3.8, 4) is 0 Å². The number of hydrogen-bond donors (Lipinski definition) is 1. The fraction of sp³-hybridized carbons (Fsp3) is 0.182. The number of hydrogen-bond acceptors (Lipinski definition) is 3. The molecule has 0 saturated heterocycles. The second kappa shape index (κ2) is 5.36. The monoisotopic (exact) mass is 220 g/mol. The van der Waals surface area contributed by atoms with E-state index in [-0.39, 0.29) is 0 Å². The molecule has 0 saturated carbocycles. The van der Waals surface area contributed by atoms with Gasteiger partial charge in [-0.2, -0.15) is 0 Å². The van der Waals surface area contributed by atoms with Crippen LogP contribution < -0.4 is 5.73 Å². The molecule has 1 rings (SSSR count). The van der Waals surface area contributed by atoms with Crippen LogP contribution in [0.4, 0.5) is 0 Å². The lowest BCUT2D eigenvalue weighted by Gasteiger charge is -2.02. The summed E-state index contributed by atoms with van der Waals surface area (Å²) in [5.74, 6) is -0.510. The van der Waals surface area contributed by atoms with E-state index < -0.39 is 5.91 Å². The molecule has 0 radical (unpaired) electrons. The zero-order valence-corrected chi connectivity index (χ0v) is 9.25. The third kappa shape index (κ3) is 3.25. The van der Waals surface area contributed by atoms with Crippen molar-refractivity contribution in [2.24, 2.45) is 5.73 Å². The van der Waals surface area contributed by atoms with Crippen molar-refractivity contribution in [2.75, 3.05) is 0 Å². The van der Waals surface area contributed by atoms with Crippen LogP contribution in [-0.4, -0.2) is 15.8 Å². The van der Waals surface area contributed by atoms with Gasteiger partial charge in [0.15, 0.2) is 0 Å². The van der Waals surface area contributed by atoms with Crippen LogP contribution in [0.3, 0.4) is 0 Å². The van der Waals surface area contributed by atoms with Gasteiger partial charge in [-0.15, -0.1) is 0 Å². The fourth-order valence-electron chi connectivity index (χ4n) is 1.06. The number of rotatable bonds is 4. The van der Waals surface area contributed by atoms with Crippen LogP contribution in [0.25, 0.3) is 5.57 Å². The highest BCUT2D eigenvalue weighted by Gasteiger charge is 2.09. The molecule has 1 amide bonds. The first-order chi connectivity index (χ1) is 7.15. The minimum absolute atomic E-state index is 0.363. The predicted molar refractivity (Wildman–Crippen MR) is 64.3 cm³/mol. The van der Waals surface area contributed by atoms with Gasteiger partial charge in [0, 0.05) is 11.1 Å². The lowest BCUT2D eigenvalue weighted by Crippen LogP contribution is -2.14. The molecule has 1 aromatic heterocycles. The van der Waals surface area contributed by atoms with Gasteiger partial charge in [0.2, 0.25) is 0 Å². The van der Waals surface area contributed by atoms with Crippen LogP contribution in [0.2, 0.25) is 0 Å². The van der Waals surface area contributed by atoms with E-state index in [0.717, 1.165) is 0 Å². The summed E-state index contributed by atoms with van der Waals surface area (Å²) in [5.41, 5.74) is 6.18. The lowest BCUT2D eigenvalue weighted by molar-refractivity contribution is -0.112. The minimum Gasteiger partial charge on any atom is -0.366 e. The Kier molecular flexibility index (Phi) is 4.12. The molecule has 15 heavy (non-hydrogen) atoms. The first-order valence-electron chi connectivity index (χ1n) is 4.61. The summed E-state index contributed by atoms with van der Waals surface area (Å²) in [5, 5.41) is 0. The molecule has 0 unspecified atom stereocenters.